The number of anilines is 1. The molecule has 0 saturated carbocycles. The third-order valence-corrected chi connectivity index (χ3v) is 5.28. The summed E-state index contributed by atoms with van der Waals surface area (Å²) in [7, 11) is 3.40. The van der Waals surface area contributed by atoms with E-state index < -0.39 is 17.6 Å². The Hall–Kier alpha value is -3.20. The molecule has 1 atom stereocenters. The Morgan fingerprint density at radius 1 is 1.20 bits per heavy atom. The number of carbonyl (C=O) groups excluding carboxylic acids is 1. The van der Waals surface area contributed by atoms with Gasteiger partial charge >= 0.3 is 6.18 Å². The molecule has 6 nitrogen and oxygen atoms in total. The van der Waals surface area contributed by atoms with E-state index in [1.165, 1.54) is 17.0 Å². The highest BCUT2D eigenvalue weighted by atomic mass is 19.4. The largest absolute Gasteiger partial charge is 0.416 e. The molecule has 1 aliphatic rings. The van der Waals surface area contributed by atoms with E-state index in [2.05, 4.69) is 10.2 Å². The molecule has 0 saturated heterocycles. The van der Waals surface area contributed by atoms with Crippen molar-refractivity contribution in [2.75, 3.05) is 12.0 Å². The number of hydrogen-bond donors (Lipinski definition) is 0. The van der Waals surface area contributed by atoms with Crippen molar-refractivity contribution in [3.8, 4) is 0 Å². The van der Waals surface area contributed by atoms with Gasteiger partial charge in [0.2, 0.25) is 0 Å². The molecule has 30 heavy (non-hydrogen) atoms. The van der Waals surface area contributed by atoms with E-state index in [-0.39, 0.29) is 23.8 Å². The number of fused-ring (bicyclic) bond motifs is 1. The minimum Gasteiger partial charge on any atom is -0.376 e. The summed E-state index contributed by atoms with van der Waals surface area (Å²) >= 11 is 0. The first kappa shape index (κ1) is 20.1. The van der Waals surface area contributed by atoms with Gasteiger partial charge in [0.15, 0.2) is 0 Å². The number of alkyl halides is 3. The summed E-state index contributed by atoms with van der Waals surface area (Å²) < 4.78 is 47.5. The third kappa shape index (κ3) is 3.56. The third-order valence-electron chi connectivity index (χ3n) is 5.28. The van der Waals surface area contributed by atoms with Gasteiger partial charge in [-0.25, -0.2) is 0 Å². The van der Waals surface area contributed by atoms with Gasteiger partial charge in [-0.2, -0.15) is 13.2 Å². The Bertz CT molecular complexity index is 1090. The molecule has 4 rings (SSSR count). The van der Waals surface area contributed by atoms with E-state index in [0.717, 1.165) is 17.5 Å². The number of aryl methyl sites for hydroxylation is 1. The molecule has 0 spiro atoms. The first-order valence-corrected chi connectivity index (χ1v) is 9.26. The Labute approximate surface area is 170 Å². The van der Waals surface area contributed by atoms with E-state index in [0.29, 0.717) is 12.1 Å². The highest BCUT2D eigenvalue weighted by molar-refractivity contribution is 6.10. The summed E-state index contributed by atoms with van der Waals surface area (Å²) in [5.74, 6) is 0.280. The van der Waals surface area contributed by atoms with Crippen LogP contribution in [-0.2, 0) is 30.9 Å². The normalized spacial score (nSPS) is 14.8. The highest BCUT2D eigenvalue weighted by Crippen LogP contribution is 2.38. The molecule has 2 aromatic carbocycles. The lowest BCUT2D eigenvalue weighted by Gasteiger charge is -2.20. The van der Waals surface area contributed by atoms with Crippen LogP contribution in [0.25, 0.3) is 0 Å². The van der Waals surface area contributed by atoms with Gasteiger partial charge in [0.05, 0.1) is 18.2 Å². The van der Waals surface area contributed by atoms with Crippen LogP contribution in [0.15, 0.2) is 48.8 Å². The minimum atomic E-state index is -4.51. The second-order valence-electron chi connectivity index (χ2n) is 7.10. The van der Waals surface area contributed by atoms with Crippen LogP contribution in [-0.4, -0.2) is 27.8 Å². The SMILES string of the molecule is COC(Cc1nncn1C)c1cccc(N2Cc3c(cccc3C(F)(F)F)C2=O)c1. The molecule has 0 fully saturated rings. The van der Waals surface area contributed by atoms with Crippen LogP contribution < -0.4 is 4.90 Å². The fourth-order valence-electron chi connectivity index (χ4n) is 3.69. The molecule has 0 bridgehead atoms. The maximum atomic E-state index is 13.4. The van der Waals surface area contributed by atoms with E-state index in [9.17, 15) is 18.0 Å². The predicted molar refractivity (Wildman–Crippen MR) is 103 cm³/mol. The fraction of sp³-hybridized carbons (Fsp3) is 0.286. The fourth-order valence-corrected chi connectivity index (χ4v) is 3.69. The van der Waals surface area contributed by atoms with E-state index >= 15 is 0 Å². The summed E-state index contributed by atoms with van der Waals surface area (Å²) in [5, 5.41) is 7.92. The first-order chi connectivity index (χ1) is 14.3. The molecular weight excluding hydrogens is 397 g/mol. The van der Waals surface area contributed by atoms with Crippen molar-refractivity contribution >= 4 is 11.6 Å². The standard InChI is InChI=1S/C21H19F3N4O2/c1-27-12-25-26-19(27)10-18(30-2)13-5-3-6-14(9-13)28-11-16-15(20(28)29)7-4-8-17(16)21(22,23)24/h3-9,12,18H,10-11H2,1-2H3. The number of nitrogens with zero attached hydrogens (tertiary/aromatic N) is 4. The smallest absolute Gasteiger partial charge is 0.376 e. The number of halogens is 3. The minimum absolute atomic E-state index is 0.00257. The van der Waals surface area contributed by atoms with Gasteiger partial charge in [-0.3, -0.25) is 4.79 Å². The van der Waals surface area contributed by atoms with Crippen LogP contribution in [0.1, 0.15) is 39.0 Å². The molecule has 0 N–H and O–H groups in total. The monoisotopic (exact) mass is 416 g/mol. The average Bonchev–Trinajstić information content (AvgIpc) is 3.28. The lowest BCUT2D eigenvalue weighted by molar-refractivity contribution is -0.138. The number of aromatic nitrogens is 3. The Morgan fingerprint density at radius 3 is 2.63 bits per heavy atom. The zero-order chi connectivity index (χ0) is 21.5. The molecule has 3 aromatic rings. The maximum Gasteiger partial charge on any atom is 0.416 e. The Kier molecular flexibility index (Phi) is 5.07. The molecule has 156 valence electrons. The van der Waals surface area contributed by atoms with Crippen molar-refractivity contribution in [3.63, 3.8) is 0 Å². The quantitative estimate of drug-likeness (QED) is 0.633. The van der Waals surface area contributed by atoms with Gasteiger partial charge in [0.25, 0.3) is 5.91 Å². The van der Waals surface area contributed by atoms with E-state index in [1.807, 2.05) is 13.1 Å². The number of benzene rings is 2. The highest BCUT2D eigenvalue weighted by Gasteiger charge is 2.39. The van der Waals surface area contributed by atoms with Gasteiger partial charge in [0, 0.05) is 31.8 Å². The van der Waals surface area contributed by atoms with Crippen LogP contribution in [0.3, 0.4) is 0 Å². The number of hydrogen-bond acceptors (Lipinski definition) is 4. The number of rotatable bonds is 5. The van der Waals surface area contributed by atoms with Crippen LogP contribution in [0.2, 0.25) is 0 Å². The number of amides is 1. The number of ether oxygens (including phenoxy) is 1. The first-order valence-electron chi connectivity index (χ1n) is 9.26. The molecule has 2 heterocycles. The molecule has 1 aromatic heterocycles. The zero-order valence-electron chi connectivity index (χ0n) is 16.3. The lowest BCUT2D eigenvalue weighted by Crippen LogP contribution is -2.23. The van der Waals surface area contributed by atoms with Gasteiger partial charge in [-0.15, -0.1) is 10.2 Å². The number of methoxy groups -OCH3 is 1. The van der Waals surface area contributed by atoms with Gasteiger partial charge in [-0.1, -0.05) is 18.2 Å². The Morgan fingerprint density at radius 2 is 1.97 bits per heavy atom. The van der Waals surface area contributed by atoms with Crippen molar-refractivity contribution in [2.24, 2.45) is 7.05 Å². The van der Waals surface area contributed by atoms with Gasteiger partial charge in [-0.05, 0) is 35.4 Å². The molecule has 9 heteroatoms. The molecule has 1 amide bonds. The van der Waals surface area contributed by atoms with Crippen LogP contribution >= 0.6 is 0 Å². The topological polar surface area (TPSA) is 60.3 Å². The summed E-state index contributed by atoms with van der Waals surface area (Å²) in [4.78, 5) is 14.2. The molecule has 1 aliphatic heterocycles. The molecular formula is C21H19F3N4O2. The average molecular weight is 416 g/mol. The summed E-state index contributed by atoms with van der Waals surface area (Å²) in [6.07, 6.45) is -2.81. The summed E-state index contributed by atoms with van der Waals surface area (Å²) in [6.45, 7) is -0.131. The van der Waals surface area contributed by atoms with Crippen molar-refractivity contribution < 1.29 is 22.7 Å². The van der Waals surface area contributed by atoms with Gasteiger partial charge in [0.1, 0.15) is 12.2 Å². The van der Waals surface area contributed by atoms with Crippen LogP contribution in [0.4, 0.5) is 18.9 Å². The van der Waals surface area contributed by atoms with E-state index in [4.69, 9.17) is 4.74 Å². The molecule has 0 aliphatic carbocycles. The summed E-state index contributed by atoms with van der Waals surface area (Å²) in [6, 6.07) is 10.8. The number of carbonyl (C=O) groups is 1. The predicted octanol–water partition coefficient (Wildman–Crippen LogP) is 3.92. The van der Waals surface area contributed by atoms with E-state index in [1.54, 1.807) is 36.2 Å². The summed E-state index contributed by atoms with van der Waals surface area (Å²) in [5.41, 5.74) is 0.615. The van der Waals surface area contributed by atoms with Crippen LogP contribution in [0.5, 0.6) is 0 Å². The second-order valence-corrected chi connectivity index (χ2v) is 7.10. The van der Waals surface area contributed by atoms with Crippen LogP contribution in [0, 0.1) is 0 Å². The zero-order valence-corrected chi connectivity index (χ0v) is 16.3. The second kappa shape index (κ2) is 7.56. The van der Waals surface area contributed by atoms with Crippen molar-refractivity contribution in [1.82, 2.24) is 14.8 Å². The lowest BCUT2D eigenvalue weighted by atomic mass is 10.0. The molecule has 1 unspecified atom stereocenters. The maximum absolute atomic E-state index is 13.4. The Balaban J connectivity index is 1.64. The molecule has 0 radical (unpaired) electrons. The van der Waals surface area contributed by atoms with Crippen molar-refractivity contribution in [1.29, 1.82) is 0 Å². The van der Waals surface area contributed by atoms with Crippen molar-refractivity contribution in [3.05, 3.63) is 76.9 Å². The van der Waals surface area contributed by atoms with Crippen molar-refractivity contribution in [2.45, 2.75) is 25.2 Å². The van der Waals surface area contributed by atoms with Gasteiger partial charge < -0.3 is 14.2 Å².